The number of tetrazole rings is 1. The van der Waals surface area contributed by atoms with Crippen LogP contribution in [0.5, 0.6) is 17.2 Å². The number of hydrogen-bond donors (Lipinski definition) is 1. The van der Waals surface area contributed by atoms with Crippen LogP contribution in [0.25, 0.3) is 0 Å². The Morgan fingerprint density at radius 3 is 2.44 bits per heavy atom. The molecule has 0 radical (unpaired) electrons. The van der Waals surface area contributed by atoms with Crippen LogP contribution < -0.4 is 19.5 Å². The zero-order chi connectivity index (χ0) is 18.8. The predicted molar refractivity (Wildman–Crippen MR) is 99.5 cm³/mol. The Labute approximate surface area is 157 Å². The van der Waals surface area contributed by atoms with E-state index >= 15 is 0 Å². The molecule has 1 aliphatic heterocycles. The summed E-state index contributed by atoms with van der Waals surface area (Å²) in [5, 5.41) is 15.6. The number of fused-ring (bicyclic) bond motifs is 1. The van der Waals surface area contributed by atoms with E-state index in [1.54, 1.807) is 26.0 Å². The van der Waals surface area contributed by atoms with Gasteiger partial charge in [0.1, 0.15) is 0 Å². The van der Waals surface area contributed by atoms with E-state index in [1.807, 2.05) is 30.3 Å². The van der Waals surface area contributed by atoms with Crippen molar-refractivity contribution in [1.29, 1.82) is 0 Å². The van der Waals surface area contributed by atoms with Crippen LogP contribution in [-0.2, 0) is 0 Å². The van der Waals surface area contributed by atoms with E-state index in [-0.39, 0.29) is 12.1 Å². The number of nitrogens with one attached hydrogen (secondary N) is 1. The second kappa shape index (κ2) is 7.14. The smallest absolute Gasteiger partial charge is 0.243 e. The Balaban J connectivity index is 1.81. The van der Waals surface area contributed by atoms with Gasteiger partial charge >= 0.3 is 0 Å². The van der Waals surface area contributed by atoms with E-state index in [9.17, 15) is 0 Å². The molecule has 0 spiro atoms. The highest BCUT2D eigenvalue weighted by Crippen LogP contribution is 2.46. The van der Waals surface area contributed by atoms with Gasteiger partial charge in [-0.2, -0.15) is 0 Å². The molecule has 1 aliphatic rings. The molecule has 2 heterocycles. The van der Waals surface area contributed by atoms with Crippen LogP contribution >= 0.6 is 0 Å². The van der Waals surface area contributed by atoms with E-state index in [2.05, 4.69) is 33.0 Å². The summed E-state index contributed by atoms with van der Waals surface area (Å²) < 4.78 is 18.4. The first-order chi connectivity index (χ1) is 13.3. The van der Waals surface area contributed by atoms with Crippen molar-refractivity contribution in [2.45, 2.75) is 18.5 Å². The molecule has 2 aromatic carbocycles. The van der Waals surface area contributed by atoms with Crippen molar-refractivity contribution >= 4 is 5.95 Å². The highest BCUT2D eigenvalue weighted by molar-refractivity contribution is 5.57. The number of ether oxygens (including phenoxy) is 3. The lowest BCUT2D eigenvalue weighted by Gasteiger charge is -2.32. The number of rotatable bonds is 5. The van der Waals surface area contributed by atoms with Crippen LogP contribution in [0, 0.1) is 0 Å². The minimum atomic E-state index is -0.115. The fraction of sp³-hybridized carbons (Fsp3) is 0.316. The van der Waals surface area contributed by atoms with Gasteiger partial charge in [0.05, 0.1) is 33.4 Å². The van der Waals surface area contributed by atoms with E-state index in [0.717, 1.165) is 12.0 Å². The standard InChI is InChI=1S/C19H21N5O3/c1-25-16-10-9-13(17(26-2)18(16)27-3)15-11-14(12-7-5-4-6-8-12)20-19-21-22-23-24(15)19/h4-10,14-15H,11H2,1-3H3,(H,20,21,23)/t14-,15+/m0/s1. The van der Waals surface area contributed by atoms with E-state index in [1.165, 1.54) is 5.56 Å². The summed E-state index contributed by atoms with van der Waals surface area (Å²) >= 11 is 0. The van der Waals surface area contributed by atoms with Crippen molar-refractivity contribution in [3.8, 4) is 17.2 Å². The molecule has 1 aromatic heterocycles. The molecule has 3 aromatic rings. The van der Waals surface area contributed by atoms with E-state index < -0.39 is 0 Å². The van der Waals surface area contributed by atoms with Gasteiger partial charge in [-0.05, 0) is 34.5 Å². The summed E-state index contributed by atoms with van der Waals surface area (Å²) in [6.45, 7) is 0. The lowest BCUT2D eigenvalue weighted by Crippen LogP contribution is -2.28. The molecule has 0 unspecified atom stereocenters. The highest BCUT2D eigenvalue weighted by atomic mass is 16.5. The summed E-state index contributed by atoms with van der Waals surface area (Å²) in [6.07, 6.45) is 0.758. The Hall–Kier alpha value is -3.29. The Morgan fingerprint density at radius 2 is 1.74 bits per heavy atom. The van der Waals surface area contributed by atoms with Gasteiger partial charge in [-0.3, -0.25) is 0 Å². The van der Waals surface area contributed by atoms with Crippen LogP contribution in [-0.4, -0.2) is 41.5 Å². The topological polar surface area (TPSA) is 83.3 Å². The van der Waals surface area contributed by atoms with Crippen LogP contribution in [0.4, 0.5) is 5.95 Å². The second-order valence-corrected chi connectivity index (χ2v) is 6.23. The third-order valence-corrected chi connectivity index (χ3v) is 4.85. The molecular formula is C19H21N5O3. The van der Waals surface area contributed by atoms with E-state index in [4.69, 9.17) is 14.2 Å². The van der Waals surface area contributed by atoms with Gasteiger partial charge < -0.3 is 19.5 Å². The average Bonchev–Trinajstić information content (AvgIpc) is 3.21. The Bertz CT molecular complexity index is 928. The molecular weight excluding hydrogens is 346 g/mol. The molecule has 2 atom stereocenters. The molecule has 0 fully saturated rings. The highest BCUT2D eigenvalue weighted by Gasteiger charge is 2.33. The molecule has 1 N–H and O–H groups in total. The first-order valence-electron chi connectivity index (χ1n) is 8.65. The van der Waals surface area contributed by atoms with Crippen molar-refractivity contribution in [2.24, 2.45) is 0 Å². The van der Waals surface area contributed by atoms with Gasteiger partial charge in [0, 0.05) is 5.56 Å². The molecule has 0 saturated carbocycles. The maximum atomic E-state index is 5.69. The number of anilines is 1. The number of methoxy groups -OCH3 is 3. The first-order valence-corrected chi connectivity index (χ1v) is 8.65. The molecule has 140 valence electrons. The monoisotopic (exact) mass is 367 g/mol. The van der Waals surface area contributed by atoms with Gasteiger partial charge in [0.15, 0.2) is 11.5 Å². The van der Waals surface area contributed by atoms with Crippen molar-refractivity contribution in [1.82, 2.24) is 20.2 Å². The van der Waals surface area contributed by atoms with Gasteiger partial charge in [0.2, 0.25) is 11.7 Å². The number of hydrogen-bond acceptors (Lipinski definition) is 7. The second-order valence-electron chi connectivity index (χ2n) is 6.23. The summed E-state index contributed by atoms with van der Waals surface area (Å²) in [5.41, 5.74) is 2.11. The SMILES string of the molecule is COc1ccc([C@H]2C[C@@H](c3ccccc3)Nc3nnnn32)c(OC)c1OC. The van der Waals surface area contributed by atoms with Crippen LogP contribution in [0.1, 0.15) is 29.6 Å². The van der Waals surface area contributed by atoms with Crippen molar-refractivity contribution in [3.05, 3.63) is 53.6 Å². The Morgan fingerprint density at radius 1 is 0.963 bits per heavy atom. The number of aromatic nitrogens is 4. The maximum Gasteiger partial charge on any atom is 0.243 e. The summed E-state index contributed by atoms with van der Waals surface area (Å²) in [4.78, 5) is 0. The lowest BCUT2D eigenvalue weighted by atomic mass is 9.92. The predicted octanol–water partition coefficient (Wildman–Crippen LogP) is 2.85. The lowest BCUT2D eigenvalue weighted by molar-refractivity contribution is 0.315. The minimum absolute atomic E-state index is 0.0764. The molecule has 0 amide bonds. The fourth-order valence-corrected chi connectivity index (χ4v) is 3.59. The summed E-state index contributed by atoms with van der Waals surface area (Å²) in [6, 6.07) is 14.1. The van der Waals surface area contributed by atoms with Crippen molar-refractivity contribution < 1.29 is 14.2 Å². The molecule has 8 heteroatoms. The zero-order valence-corrected chi connectivity index (χ0v) is 15.4. The third kappa shape index (κ3) is 2.92. The molecule has 4 rings (SSSR count). The normalized spacial score (nSPS) is 18.3. The van der Waals surface area contributed by atoms with E-state index in [0.29, 0.717) is 23.2 Å². The average molecular weight is 367 g/mol. The maximum absolute atomic E-state index is 5.69. The number of nitrogens with zero attached hydrogens (tertiary/aromatic N) is 4. The first kappa shape index (κ1) is 17.1. The molecule has 0 saturated heterocycles. The molecule has 8 nitrogen and oxygen atoms in total. The fourth-order valence-electron chi connectivity index (χ4n) is 3.59. The van der Waals surface area contributed by atoms with Crippen LogP contribution in [0.3, 0.4) is 0 Å². The van der Waals surface area contributed by atoms with Crippen LogP contribution in [0.2, 0.25) is 0 Å². The van der Waals surface area contributed by atoms with Gasteiger partial charge in [-0.25, -0.2) is 4.68 Å². The van der Waals surface area contributed by atoms with Crippen molar-refractivity contribution in [2.75, 3.05) is 26.6 Å². The molecule has 0 bridgehead atoms. The van der Waals surface area contributed by atoms with Crippen LogP contribution in [0.15, 0.2) is 42.5 Å². The molecule has 27 heavy (non-hydrogen) atoms. The Kier molecular flexibility index (Phi) is 4.53. The minimum Gasteiger partial charge on any atom is -0.493 e. The number of benzene rings is 2. The van der Waals surface area contributed by atoms with Gasteiger partial charge in [0.25, 0.3) is 0 Å². The van der Waals surface area contributed by atoms with Crippen molar-refractivity contribution in [3.63, 3.8) is 0 Å². The zero-order valence-electron chi connectivity index (χ0n) is 15.4. The summed E-state index contributed by atoms with van der Waals surface area (Å²) in [7, 11) is 4.82. The quantitative estimate of drug-likeness (QED) is 0.742. The largest absolute Gasteiger partial charge is 0.493 e. The summed E-state index contributed by atoms with van der Waals surface area (Å²) in [5.74, 6) is 2.42. The third-order valence-electron chi connectivity index (χ3n) is 4.85. The molecule has 0 aliphatic carbocycles. The van der Waals surface area contributed by atoms with Gasteiger partial charge in [-0.15, -0.1) is 0 Å². The van der Waals surface area contributed by atoms with Gasteiger partial charge in [-0.1, -0.05) is 35.4 Å².